The lowest BCUT2D eigenvalue weighted by molar-refractivity contribution is 1.18. The molecule has 1 aromatic heterocycles. The summed E-state index contributed by atoms with van der Waals surface area (Å²) < 4.78 is 2.25. The first-order valence-electron chi connectivity index (χ1n) is 7.10. The van der Waals surface area contributed by atoms with E-state index in [1.807, 2.05) is 18.2 Å². The molecule has 0 fully saturated rings. The summed E-state index contributed by atoms with van der Waals surface area (Å²) in [5, 5.41) is 2.46. The van der Waals surface area contributed by atoms with Gasteiger partial charge in [0.1, 0.15) is 0 Å². The number of para-hydroxylation sites is 2. The number of nitrogens with zero attached hydrogens (tertiary/aromatic N) is 1. The fraction of sp³-hybridized carbons (Fsp3) is 0.0526. The standard InChI is InChI=1S/C19H16N2/c1-13-10-11-18-16(12-13)15-8-5-9-17(20)19(15)21(18)14-6-3-2-4-7-14/h2-12H,20H2,1H3. The van der Waals surface area contributed by atoms with E-state index in [9.17, 15) is 0 Å². The topological polar surface area (TPSA) is 30.9 Å². The van der Waals surface area contributed by atoms with Gasteiger partial charge in [0.2, 0.25) is 0 Å². The molecular formula is C19H16N2. The van der Waals surface area contributed by atoms with Gasteiger partial charge in [0.05, 0.1) is 16.7 Å². The number of fused-ring (bicyclic) bond motifs is 3. The number of rotatable bonds is 1. The molecule has 0 aliphatic rings. The van der Waals surface area contributed by atoms with Crippen LogP contribution in [0, 0.1) is 6.92 Å². The van der Waals surface area contributed by atoms with Crippen molar-refractivity contribution in [2.45, 2.75) is 6.92 Å². The number of aryl methyl sites for hydroxylation is 1. The van der Waals surface area contributed by atoms with E-state index in [1.54, 1.807) is 0 Å². The van der Waals surface area contributed by atoms with Crippen molar-refractivity contribution < 1.29 is 0 Å². The zero-order valence-corrected chi connectivity index (χ0v) is 11.9. The smallest absolute Gasteiger partial charge is 0.0771 e. The lowest BCUT2D eigenvalue weighted by Crippen LogP contribution is -1.96. The van der Waals surface area contributed by atoms with E-state index in [2.05, 4.69) is 60.0 Å². The highest BCUT2D eigenvalue weighted by molar-refractivity contribution is 6.12. The molecule has 4 aromatic rings. The maximum atomic E-state index is 6.28. The molecule has 0 spiro atoms. The normalized spacial score (nSPS) is 11.3. The van der Waals surface area contributed by atoms with Crippen molar-refractivity contribution in [1.82, 2.24) is 4.57 Å². The molecule has 4 rings (SSSR count). The van der Waals surface area contributed by atoms with Gasteiger partial charge in [-0.3, -0.25) is 0 Å². The van der Waals surface area contributed by atoms with Crippen LogP contribution < -0.4 is 5.73 Å². The molecule has 0 saturated carbocycles. The van der Waals surface area contributed by atoms with Crippen LogP contribution in [0.5, 0.6) is 0 Å². The van der Waals surface area contributed by atoms with E-state index in [0.717, 1.165) is 16.9 Å². The monoisotopic (exact) mass is 272 g/mol. The molecule has 0 bridgehead atoms. The molecule has 21 heavy (non-hydrogen) atoms. The van der Waals surface area contributed by atoms with Crippen LogP contribution in [0.15, 0.2) is 66.7 Å². The Hall–Kier alpha value is -2.74. The van der Waals surface area contributed by atoms with Crippen LogP contribution in [0.3, 0.4) is 0 Å². The van der Waals surface area contributed by atoms with Crippen LogP contribution in [0.25, 0.3) is 27.5 Å². The van der Waals surface area contributed by atoms with Crippen molar-refractivity contribution in [3.05, 3.63) is 72.3 Å². The van der Waals surface area contributed by atoms with Crippen molar-refractivity contribution in [2.75, 3.05) is 5.73 Å². The van der Waals surface area contributed by atoms with Gasteiger partial charge >= 0.3 is 0 Å². The second kappa shape index (κ2) is 4.38. The van der Waals surface area contributed by atoms with Gasteiger partial charge in [-0.1, -0.05) is 42.0 Å². The van der Waals surface area contributed by atoms with Gasteiger partial charge in [-0.05, 0) is 37.3 Å². The Morgan fingerprint density at radius 1 is 0.810 bits per heavy atom. The molecule has 1 heterocycles. The first kappa shape index (κ1) is 12.0. The minimum Gasteiger partial charge on any atom is -0.397 e. The van der Waals surface area contributed by atoms with E-state index in [4.69, 9.17) is 5.73 Å². The second-order valence-electron chi connectivity index (χ2n) is 5.43. The van der Waals surface area contributed by atoms with Crippen molar-refractivity contribution >= 4 is 27.5 Å². The van der Waals surface area contributed by atoms with Gasteiger partial charge < -0.3 is 10.3 Å². The van der Waals surface area contributed by atoms with Crippen LogP contribution in [0.1, 0.15) is 5.56 Å². The molecule has 0 atom stereocenters. The highest BCUT2D eigenvalue weighted by Crippen LogP contribution is 2.35. The SMILES string of the molecule is Cc1ccc2c(c1)c1cccc(N)c1n2-c1ccccc1. The molecule has 0 saturated heterocycles. The predicted octanol–water partition coefficient (Wildman–Crippen LogP) is 4.67. The molecule has 2 N–H and O–H groups in total. The van der Waals surface area contributed by atoms with E-state index in [0.29, 0.717) is 0 Å². The summed E-state index contributed by atoms with van der Waals surface area (Å²) >= 11 is 0. The molecule has 2 nitrogen and oxygen atoms in total. The van der Waals surface area contributed by atoms with Crippen LogP contribution in [-0.2, 0) is 0 Å². The van der Waals surface area contributed by atoms with Crippen molar-refractivity contribution in [2.24, 2.45) is 0 Å². The molecule has 2 heteroatoms. The Morgan fingerprint density at radius 3 is 2.43 bits per heavy atom. The lowest BCUT2D eigenvalue weighted by Gasteiger charge is -2.08. The van der Waals surface area contributed by atoms with Gasteiger partial charge in [-0.15, -0.1) is 0 Å². The van der Waals surface area contributed by atoms with Crippen molar-refractivity contribution in [3.63, 3.8) is 0 Å². The molecule has 0 aliphatic carbocycles. The Balaban J connectivity index is 2.26. The van der Waals surface area contributed by atoms with Gasteiger partial charge in [0.25, 0.3) is 0 Å². The average Bonchev–Trinajstić information content (AvgIpc) is 2.83. The summed E-state index contributed by atoms with van der Waals surface area (Å²) in [5.41, 5.74) is 11.8. The highest BCUT2D eigenvalue weighted by atomic mass is 15.0. The van der Waals surface area contributed by atoms with Crippen molar-refractivity contribution in [1.29, 1.82) is 0 Å². The second-order valence-corrected chi connectivity index (χ2v) is 5.43. The third-order valence-electron chi connectivity index (χ3n) is 3.99. The van der Waals surface area contributed by atoms with Crippen LogP contribution >= 0.6 is 0 Å². The molecule has 3 aromatic carbocycles. The fourth-order valence-electron chi connectivity index (χ4n) is 3.05. The molecule has 102 valence electrons. The van der Waals surface area contributed by atoms with Gasteiger partial charge in [0, 0.05) is 16.5 Å². The first-order valence-corrected chi connectivity index (χ1v) is 7.10. The quantitative estimate of drug-likeness (QED) is 0.501. The summed E-state index contributed by atoms with van der Waals surface area (Å²) in [5.74, 6) is 0. The Labute approximate surface area is 123 Å². The summed E-state index contributed by atoms with van der Waals surface area (Å²) in [6.07, 6.45) is 0. The van der Waals surface area contributed by atoms with Gasteiger partial charge in [-0.25, -0.2) is 0 Å². The van der Waals surface area contributed by atoms with Gasteiger partial charge in [0.15, 0.2) is 0 Å². The molecule has 0 aliphatic heterocycles. The van der Waals surface area contributed by atoms with Crippen LogP contribution in [0.2, 0.25) is 0 Å². The van der Waals surface area contributed by atoms with E-state index in [1.165, 1.54) is 21.9 Å². The number of aromatic nitrogens is 1. The zero-order valence-electron chi connectivity index (χ0n) is 11.9. The minimum absolute atomic E-state index is 0.810. The fourth-order valence-corrected chi connectivity index (χ4v) is 3.05. The summed E-state index contributed by atoms with van der Waals surface area (Å²) in [4.78, 5) is 0. The maximum absolute atomic E-state index is 6.28. The predicted molar refractivity (Wildman–Crippen MR) is 89.9 cm³/mol. The Morgan fingerprint density at radius 2 is 1.62 bits per heavy atom. The Bertz CT molecular complexity index is 950. The maximum Gasteiger partial charge on any atom is 0.0771 e. The number of hydrogen-bond donors (Lipinski definition) is 1. The molecule has 0 radical (unpaired) electrons. The van der Waals surface area contributed by atoms with E-state index >= 15 is 0 Å². The molecular weight excluding hydrogens is 256 g/mol. The molecule has 0 amide bonds. The third kappa shape index (κ3) is 1.73. The van der Waals surface area contributed by atoms with E-state index in [-0.39, 0.29) is 0 Å². The average molecular weight is 272 g/mol. The van der Waals surface area contributed by atoms with Crippen LogP contribution in [0.4, 0.5) is 5.69 Å². The number of nitrogens with two attached hydrogens (primary N) is 1. The van der Waals surface area contributed by atoms with Crippen molar-refractivity contribution in [3.8, 4) is 5.69 Å². The third-order valence-corrected chi connectivity index (χ3v) is 3.99. The zero-order chi connectivity index (χ0) is 14.4. The van der Waals surface area contributed by atoms with Crippen LogP contribution in [-0.4, -0.2) is 4.57 Å². The number of benzene rings is 3. The largest absolute Gasteiger partial charge is 0.397 e. The van der Waals surface area contributed by atoms with E-state index < -0.39 is 0 Å². The number of hydrogen-bond acceptors (Lipinski definition) is 1. The lowest BCUT2D eigenvalue weighted by atomic mass is 10.1. The highest BCUT2D eigenvalue weighted by Gasteiger charge is 2.13. The van der Waals surface area contributed by atoms with Gasteiger partial charge in [-0.2, -0.15) is 0 Å². The first-order chi connectivity index (χ1) is 10.3. The molecule has 0 unspecified atom stereocenters. The minimum atomic E-state index is 0.810. The Kier molecular flexibility index (Phi) is 2.51. The summed E-state index contributed by atoms with van der Waals surface area (Å²) in [6.45, 7) is 2.12. The summed E-state index contributed by atoms with van der Waals surface area (Å²) in [7, 11) is 0. The number of anilines is 1. The summed E-state index contributed by atoms with van der Waals surface area (Å²) in [6, 6.07) is 23.1. The number of nitrogen functional groups attached to an aromatic ring is 1.